The van der Waals surface area contributed by atoms with Gasteiger partial charge in [-0.05, 0) is 0 Å². The van der Waals surface area contributed by atoms with Crippen molar-refractivity contribution >= 4 is 107 Å². The van der Waals surface area contributed by atoms with E-state index < -0.39 is 194 Å². The monoisotopic (exact) mass is 1010 g/mol. The molecule has 0 bridgehead atoms. The molecule has 0 rings (SSSR count). The minimum absolute atomic E-state index is 0.755. The second-order valence-corrected chi connectivity index (χ2v) is 12.8. The van der Waals surface area contributed by atoms with Crippen LogP contribution in [0.1, 0.15) is 57.8 Å². The minimum atomic E-state index is -3.20. The third-order valence-corrected chi connectivity index (χ3v) is 6.93. The maximum atomic E-state index is 11.4. The lowest BCUT2D eigenvalue weighted by Gasteiger charge is -2.20. The van der Waals surface area contributed by atoms with Crippen LogP contribution in [0.3, 0.4) is 0 Å². The zero-order chi connectivity index (χ0) is 55.2. The average Bonchev–Trinajstić information content (AvgIpc) is 3.12. The van der Waals surface area contributed by atoms with Gasteiger partial charge < -0.3 is 95.5 Å². The summed E-state index contributed by atoms with van der Waals surface area (Å²) in [7, 11) is 0. The molecule has 0 aliphatic carbocycles. The van der Waals surface area contributed by atoms with E-state index in [0.29, 0.717) is 0 Å². The molecule has 0 aliphatic heterocycles. The first kappa shape index (κ1) is 64.3. The average molecular weight is 1010 g/mol. The largest absolute Gasteiger partial charge is 0.481 e. The number of aliphatic carboxylic acids is 10. The van der Waals surface area contributed by atoms with Gasteiger partial charge in [0.25, 0.3) is 0 Å². The SMILES string of the molecule is O=C(O)CC(O)(CC(=O)OC(=O)C(=O)OC(=O)CC(O)(CC(=O)O)C(=O)O)C(=O)O.O=C(O)CC(O)(CC(=O)OC(=O)C(=O)OC(=O)CC(O)(CC(=O)O)C(=O)O)C(=O)O.O=C(O)CC(O)C(=O)O. The summed E-state index contributed by atoms with van der Waals surface area (Å²) in [5.74, 6) is -35.4. The van der Waals surface area contributed by atoms with Crippen LogP contribution in [-0.4, -0.2) is 213 Å². The van der Waals surface area contributed by atoms with Crippen LogP contribution in [-0.2, 0) is 105 Å². The molecule has 0 aliphatic rings. The Morgan fingerprint density at radius 1 is 0.304 bits per heavy atom. The van der Waals surface area contributed by atoms with Crippen LogP contribution in [0.25, 0.3) is 0 Å². The number of esters is 8. The van der Waals surface area contributed by atoms with Crippen molar-refractivity contribution < 1.29 is 182 Å². The summed E-state index contributed by atoms with van der Waals surface area (Å²) >= 11 is 0. The van der Waals surface area contributed by atoms with Crippen LogP contribution < -0.4 is 0 Å². The number of hydrogen-bond donors (Lipinski definition) is 15. The molecule has 5 atom stereocenters. The topological polar surface area (TPSA) is 648 Å². The van der Waals surface area contributed by atoms with Crippen LogP contribution in [0.15, 0.2) is 0 Å². The number of carbonyl (C=O) groups is 18. The van der Waals surface area contributed by atoms with Gasteiger partial charge in [-0.15, -0.1) is 0 Å². The summed E-state index contributed by atoms with van der Waals surface area (Å²) in [5, 5.41) is 132. The maximum Gasteiger partial charge on any atom is 0.425 e. The Bertz CT molecular complexity index is 1870. The van der Waals surface area contributed by atoms with Gasteiger partial charge in [-0.1, -0.05) is 0 Å². The molecule has 384 valence electrons. The van der Waals surface area contributed by atoms with E-state index in [9.17, 15) is 107 Å². The smallest absolute Gasteiger partial charge is 0.425 e. The summed E-state index contributed by atoms with van der Waals surface area (Å²) < 4.78 is 15.2. The fourth-order valence-electron chi connectivity index (χ4n) is 3.79. The van der Waals surface area contributed by atoms with Crippen LogP contribution in [0.4, 0.5) is 0 Å². The van der Waals surface area contributed by atoms with Gasteiger partial charge in [-0.2, -0.15) is 0 Å². The van der Waals surface area contributed by atoms with E-state index in [1.807, 2.05) is 0 Å². The Hall–Kier alpha value is -8.94. The van der Waals surface area contributed by atoms with Crippen molar-refractivity contribution in [3.63, 3.8) is 0 Å². The van der Waals surface area contributed by atoms with E-state index in [4.69, 9.17) is 56.2 Å². The van der Waals surface area contributed by atoms with Crippen molar-refractivity contribution in [3.05, 3.63) is 0 Å². The molecule has 0 aromatic heterocycles. The number of ether oxygens (including phenoxy) is 4. The van der Waals surface area contributed by atoms with E-state index in [1.54, 1.807) is 0 Å². The highest BCUT2D eigenvalue weighted by Crippen LogP contribution is 2.20. The van der Waals surface area contributed by atoms with Crippen LogP contribution in [0, 0.1) is 0 Å². The summed E-state index contributed by atoms with van der Waals surface area (Å²) in [6.07, 6.45) is -14.9. The van der Waals surface area contributed by atoms with Gasteiger partial charge in [-0.25, -0.2) is 43.2 Å². The Balaban J connectivity index is -0.00000107. The van der Waals surface area contributed by atoms with Gasteiger partial charge in [0.05, 0.1) is 57.8 Å². The number of aliphatic hydroxyl groups is 5. The number of aliphatic hydroxyl groups excluding tert-OH is 1. The van der Waals surface area contributed by atoms with Crippen molar-refractivity contribution in [3.8, 4) is 0 Å². The quantitative estimate of drug-likeness (QED) is 0.0196. The van der Waals surface area contributed by atoms with Crippen molar-refractivity contribution in [2.45, 2.75) is 86.3 Å². The standard InChI is InChI=1S/2C14H14O16.C4H6O5/c2*15-5(16)1-13(27,11(23)24)3-7(19)29-9(21)10(22)30-8(20)4-14(28,12(25)26)2-6(17)18;5-2(4(8)9)1-3(6)7/h2*27-28H,1-4H2,(H,15,16)(H,17,18)(H,23,24)(H,25,26);2,5H,1H2,(H,6,7)(H,8,9). The summed E-state index contributed by atoms with van der Waals surface area (Å²) in [6, 6.07) is 0. The molecule has 0 fully saturated rings. The number of hydrogen-bond acceptors (Lipinski definition) is 27. The maximum absolute atomic E-state index is 11.4. The predicted molar refractivity (Wildman–Crippen MR) is 188 cm³/mol. The summed E-state index contributed by atoms with van der Waals surface area (Å²) in [5.41, 5.74) is -12.8. The van der Waals surface area contributed by atoms with Gasteiger partial charge in [0.1, 0.15) is 0 Å². The molecule has 0 heterocycles. The highest BCUT2D eigenvalue weighted by Gasteiger charge is 2.46. The first-order valence-corrected chi connectivity index (χ1v) is 16.9. The van der Waals surface area contributed by atoms with E-state index >= 15 is 0 Å². The van der Waals surface area contributed by atoms with Crippen molar-refractivity contribution in [2.75, 3.05) is 0 Å². The molecule has 0 saturated carbocycles. The van der Waals surface area contributed by atoms with Crippen molar-refractivity contribution in [2.24, 2.45) is 0 Å². The van der Waals surface area contributed by atoms with E-state index in [2.05, 4.69) is 18.9 Å². The lowest BCUT2D eigenvalue weighted by molar-refractivity contribution is -0.183. The van der Waals surface area contributed by atoms with Crippen molar-refractivity contribution in [1.82, 2.24) is 0 Å². The first-order valence-electron chi connectivity index (χ1n) is 16.9. The molecule has 0 saturated heterocycles. The molecule has 0 aromatic carbocycles. The highest BCUT2D eigenvalue weighted by atomic mass is 16.6. The molecule has 15 N–H and O–H groups in total. The number of rotatable bonds is 23. The number of carbonyl (C=O) groups excluding carboxylic acids is 8. The molecule has 0 aromatic rings. The van der Waals surface area contributed by atoms with Gasteiger partial charge in [0.15, 0.2) is 28.5 Å². The van der Waals surface area contributed by atoms with Crippen LogP contribution in [0.5, 0.6) is 0 Å². The number of carboxylic acid groups (broad SMARTS) is 10. The molecule has 37 nitrogen and oxygen atoms in total. The third-order valence-electron chi connectivity index (χ3n) is 6.93. The molecule has 0 radical (unpaired) electrons. The van der Waals surface area contributed by atoms with Crippen molar-refractivity contribution in [1.29, 1.82) is 0 Å². The Kier molecular flexibility index (Phi) is 25.7. The molecule has 69 heavy (non-hydrogen) atoms. The van der Waals surface area contributed by atoms with Gasteiger partial charge >= 0.3 is 107 Å². The normalized spacial score (nSPS) is 14.1. The van der Waals surface area contributed by atoms with E-state index in [0.717, 1.165) is 0 Å². The van der Waals surface area contributed by atoms with Crippen LogP contribution >= 0.6 is 0 Å². The zero-order valence-electron chi connectivity index (χ0n) is 33.6. The molecule has 5 unspecified atom stereocenters. The highest BCUT2D eigenvalue weighted by molar-refractivity contribution is 6.34. The number of carboxylic acids is 10. The second kappa shape index (κ2) is 27.5. The Morgan fingerprint density at radius 2 is 0.478 bits per heavy atom. The van der Waals surface area contributed by atoms with E-state index in [1.165, 1.54) is 0 Å². The van der Waals surface area contributed by atoms with Gasteiger partial charge in [0, 0.05) is 0 Å². The van der Waals surface area contributed by atoms with Crippen LogP contribution in [0.2, 0.25) is 0 Å². The fraction of sp³-hybridized carbons (Fsp3) is 0.438. The predicted octanol–water partition coefficient (Wildman–Crippen LogP) is -8.12. The zero-order valence-corrected chi connectivity index (χ0v) is 33.6. The molecular formula is C32H34O37. The Labute approximate surface area is 375 Å². The molecule has 37 heteroatoms. The third kappa shape index (κ3) is 25.4. The molecular weight excluding hydrogens is 976 g/mol. The first-order chi connectivity index (χ1) is 31.1. The molecule has 0 amide bonds. The Morgan fingerprint density at radius 3 is 0.580 bits per heavy atom. The summed E-state index contributed by atoms with van der Waals surface area (Å²) in [4.78, 5) is 196. The van der Waals surface area contributed by atoms with Gasteiger partial charge in [0.2, 0.25) is 0 Å². The lowest BCUT2D eigenvalue weighted by Crippen LogP contribution is -2.44. The fourth-order valence-corrected chi connectivity index (χ4v) is 3.79. The van der Waals surface area contributed by atoms with E-state index in [-0.39, 0.29) is 0 Å². The minimum Gasteiger partial charge on any atom is -0.481 e. The van der Waals surface area contributed by atoms with Gasteiger partial charge in [-0.3, -0.25) is 43.2 Å². The summed E-state index contributed by atoms with van der Waals surface area (Å²) in [6.45, 7) is 0. The lowest BCUT2D eigenvalue weighted by atomic mass is 9.96. The second-order valence-electron chi connectivity index (χ2n) is 12.8. The molecule has 0 spiro atoms.